The van der Waals surface area contributed by atoms with Gasteiger partial charge >= 0.3 is 0 Å². The van der Waals surface area contributed by atoms with Crippen LogP contribution in [0, 0.1) is 23.3 Å². The lowest BCUT2D eigenvalue weighted by atomic mass is 9.98. The first-order chi connectivity index (χ1) is 17.9. The zero-order chi connectivity index (χ0) is 25.5. The highest BCUT2D eigenvalue weighted by Gasteiger charge is 2.15. The number of hydrogen-bond donors (Lipinski definition) is 0. The van der Waals surface area contributed by atoms with E-state index in [-0.39, 0.29) is 23.3 Å². The van der Waals surface area contributed by atoms with Gasteiger partial charge in [0.05, 0.1) is 0 Å². The highest BCUT2D eigenvalue weighted by Crippen LogP contribution is 2.42. The standard InChI is InChI=1S/C32H18F4O/c33-25-7-1-19(2-8-25)29-15-23-13-27(35)11-5-21(23)17-31(29)37-32-18-22-6-12-28(36)14-24(22)16-30(32)20-3-9-26(34)10-4-20/h1-18H. The molecule has 0 saturated heterocycles. The van der Waals surface area contributed by atoms with E-state index in [0.717, 1.165) is 10.8 Å². The molecule has 0 aromatic heterocycles. The molecular weight excluding hydrogens is 476 g/mol. The van der Waals surface area contributed by atoms with E-state index < -0.39 is 0 Å². The Morgan fingerprint density at radius 3 is 1.14 bits per heavy atom. The molecule has 0 aliphatic carbocycles. The Kier molecular flexibility index (Phi) is 5.61. The van der Waals surface area contributed by atoms with Gasteiger partial charge in [0, 0.05) is 11.1 Å². The molecule has 5 heteroatoms. The average molecular weight is 494 g/mol. The summed E-state index contributed by atoms with van der Waals surface area (Å²) in [4.78, 5) is 0. The van der Waals surface area contributed by atoms with Gasteiger partial charge in [-0.2, -0.15) is 0 Å². The molecule has 0 fully saturated rings. The lowest BCUT2D eigenvalue weighted by Gasteiger charge is -2.17. The van der Waals surface area contributed by atoms with Crippen LogP contribution in [-0.2, 0) is 0 Å². The second-order valence-corrected chi connectivity index (χ2v) is 8.80. The third kappa shape index (κ3) is 4.52. The number of ether oxygens (including phenoxy) is 1. The molecule has 0 radical (unpaired) electrons. The topological polar surface area (TPSA) is 9.23 Å². The summed E-state index contributed by atoms with van der Waals surface area (Å²) in [6.07, 6.45) is 0. The van der Waals surface area contributed by atoms with Crippen molar-refractivity contribution in [2.24, 2.45) is 0 Å². The highest BCUT2D eigenvalue weighted by atomic mass is 19.1. The molecule has 0 amide bonds. The largest absolute Gasteiger partial charge is 0.456 e. The molecule has 0 atom stereocenters. The third-order valence-electron chi connectivity index (χ3n) is 6.33. The summed E-state index contributed by atoms with van der Waals surface area (Å²) in [5, 5.41) is 2.85. The molecular formula is C32H18F4O. The van der Waals surface area contributed by atoms with E-state index >= 15 is 0 Å². The van der Waals surface area contributed by atoms with Crippen molar-refractivity contribution < 1.29 is 22.3 Å². The van der Waals surface area contributed by atoms with Gasteiger partial charge in [0.15, 0.2) is 0 Å². The Labute approximate surface area is 210 Å². The molecule has 0 saturated carbocycles. The summed E-state index contributed by atoms with van der Waals surface area (Å²) in [6.45, 7) is 0. The van der Waals surface area contributed by atoms with Crippen LogP contribution >= 0.6 is 0 Å². The van der Waals surface area contributed by atoms with Crippen LogP contribution in [0.1, 0.15) is 0 Å². The van der Waals surface area contributed by atoms with Gasteiger partial charge < -0.3 is 4.74 Å². The number of halogens is 4. The van der Waals surface area contributed by atoms with E-state index in [1.807, 2.05) is 0 Å². The normalized spacial score (nSPS) is 11.2. The fraction of sp³-hybridized carbons (Fsp3) is 0. The van der Waals surface area contributed by atoms with Crippen molar-refractivity contribution in [1.29, 1.82) is 0 Å². The van der Waals surface area contributed by atoms with Gasteiger partial charge in [0.25, 0.3) is 0 Å². The minimum absolute atomic E-state index is 0.369. The Hall–Kier alpha value is -4.64. The zero-order valence-electron chi connectivity index (χ0n) is 19.3. The molecule has 37 heavy (non-hydrogen) atoms. The summed E-state index contributed by atoms with van der Waals surface area (Å²) in [7, 11) is 0. The summed E-state index contributed by atoms with van der Waals surface area (Å²) < 4.78 is 61.8. The van der Waals surface area contributed by atoms with Crippen LogP contribution in [0.15, 0.2) is 109 Å². The first kappa shape index (κ1) is 22.8. The Bertz CT molecular complexity index is 1640. The van der Waals surface area contributed by atoms with Crippen molar-refractivity contribution in [3.8, 4) is 33.8 Å². The molecule has 6 rings (SSSR count). The van der Waals surface area contributed by atoms with Crippen LogP contribution < -0.4 is 4.74 Å². The maximum Gasteiger partial charge on any atom is 0.135 e. The molecule has 1 nitrogen and oxygen atoms in total. The van der Waals surface area contributed by atoms with Gasteiger partial charge in [-0.3, -0.25) is 0 Å². The number of fused-ring (bicyclic) bond motifs is 2. The summed E-state index contributed by atoms with van der Waals surface area (Å²) >= 11 is 0. The third-order valence-corrected chi connectivity index (χ3v) is 6.33. The van der Waals surface area contributed by atoms with E-state index in [1.165, 1.54) is 48.5 Å². The first-order valence-corrected chi connectivity index (χ1v) is 11.6. The van der Waals surface area contributed by atoms with Crippen molar-refractivity contribution in [2.75, 3.05) is 0 Å². The van der Waals surface area contributed by atoms with Crippen molar-refractivity contribution in [2.45, 2.75) is 0 Å². The van der Waals surface area contributed by atoms with E-state index in [0.29, 0.717) is 44.5 Å². The first-order valence-electron chi connectivity index (χ1n) is 11.6. The maximum atomic E-state index is 14.0. The minimum atomic E-state index is -0.376. The van der Waals surface area contributed by atoms with Crippen molar-refractivity contribution in [1.82, 2.24) is 0 Å². The van der Waals surface area contributed by atoms with Gasteiger partial charge in [-0.25, -0.2) is 17.6 Å². The number of benzene rings is 6. The maximum absolute atomic E-state index is 14.0. The molecule has 0 aliphatic rings. The second kappa shape index (κ2) is 9.10. The van der Waals surface area contributed by atoms with Crippen LogP contribution in [0.25, 0.3) is 43.8 Å². The Morgan fingerprint density at radius 1 is 0.351 bits per heavy atom. The molecule has 0 bridgehead atoms. The van der Waals surface area contributed by atoms with Gasteiger partial charge in [-0.1, -0.05) is 36.4 Å². The number of rotatable bonds is 4. The van der Waals surface area contributed by atoms with E-state index in [1.54, 1.807) is 60.7 Å². The monoisotopic (exact) mass is 494 g/mol. The van der Waals surface area contributed by atoms with Crippen LogP contribution in [0.3, 0.4) is 0 Å². The molecule has 6 aromatic rings. The Morgan fingerprint density at radius 2 is 0.730 bits per heavy atom. The highest BCUT2D eigenvalue weighted by molar-refractivity contribution is 5.93. The number of hydrogen-bond acceptors (Lipinski definition) is 1. The second-order valence-electron chi connectivity index (χ2n) is 8.80. The quantitative estimate of drug-likeness (QED) is 0.222. The fourth-order valence-electron chi connectivity index (χ4n) is 4.49. The Balaban J connectivity index is 1.57. The lowest BCUT2D eigenvalue weighted by molar-refractivity contribution is 0.487. The minimum Gasteiger partial charge on any atom is -0.456 e. The predicted molar refractivity (Wildman–Crippen MR) is 139 cm³/mol. The molecule has 0 heterocycles. The molecule has 0 unspecified atom stereocenters. The average Bonchev–Trinajstić information content (AvgIpc) is 2.89. The molecule has 0 aliphatic heterocycles. The van der Waals surface area contributed by atoms with Crippen LogP contribution in [0.2, 0.25) is 0 Å². The SMILES string of the molecule is Fc1ccc(-c2cc3cc(F)ccc3cc2Oc2cc3ccc(F)cc3cc2-c2ccc(F)cc2)cc1. The van der Waals surface area contributed by atoms with E-state index in [2.05, 4.69) is 0 Å². The molecule has 6 aromatic carbocycles. The van der Waals surface area contributed by atoms with Gasteiger partial charge in [-0.05, 0) is 105 Å². The van der Waals surface area contributed by atoms with Crippen molar-refractivity contribution in [3.63, 3.8) is 0 Å². The van der Waals surface area contributed by atoms with Crippen LogP contribution in [0.5, 0.6) is 11.5 Å². The summed E-state index contributed by atoms with van der Waals surface area (Å²) in [5.41, 5.74) is 2.66. The van der Waals surface area contributed by atoms with Crippen molar-refractivity contribution >= 4 is 21.5 Å². The lowest BCUT2D eigenvalue weighted by Crippen LogP contribution is -1.93. The summed E-state index contributed by atoms with van der Waals surface area (Å²) in [6, 6.07) is 28.1. The predicted octanol–water partition coefficient (Wildman–Crippen LogP) is 9.68. The van der Waals surface area contributed by atoms with Gasteiger partial charge in [0.2, 0.25) is 0 Å². The van der Waals surface area contributed by atoms with E-state index in [9.17, 15) is 17.6 Å². The fourth-order valence-corrected chi connectivity index (χ4v) is 4.49. The summed E-state index contributed by atoms with van der Waals surface area (Å²) in [5.74, 6) is -0.555. The molecule has 0 N–H and O–H groups in total. The molecule has 180 valence electrons. The van der Waals surface area contributed by atoms with Gasteiger partial charge in [0.1, 0.15) is 34.8 Å². The van der Waals surface area contributed by atoms with Gasteiger partial charge in [-0.15, -0.1) is 0 Å². The molecule has 0 spiro atoms. The zero-order valence-corrected chi connectivity index (χ0v) is 19.3. The smallest absolute Gasteiger partial charge is 0.135 e. The van der Waals surface area contributed by atoms with E-state index in [4.69, 9.17) is 4.74 Å². The van der Waals surface area contributed by atoms with Crippen LogP contribution in [0.4, 0.5) is 17.6 Å². The van der Waals surface area contributed by atoms with Crippen LogP contribution in [-0.4, -0.2) is 0 Å². The van der Waals surface area contributed by atoms with Crippen molar-refractivity contribution in [3.05, 3.63) is 132 Å².